The summed E-state index contributed by atoms with van der Waals surface area (Å²) in [5, 5.41) is 3.24. The normalized spacial score (nSPS) is 19.6. The molecule has 2 aliphatic heterocycles. The van der Waals surface area contributed by atoms with Crippen LogP contribution in [0.5, 0.6) is 0 Å². The number of benzene rings is 1. The molecule has 0 unspecified atom stereocenters. The van der Waals surface area contributed by atoms with E-state index in [1.807, 2.05) is 0 Å². The van der Waals surface area contributed by atoms with Crippen LogP contribution in [-0.4, -0.2) is 74.8 Å². The molecule has 2 heterocycles. The fourth-order valence-electron chi connectivity index (χ4n) is 3.46. The van der Waals surface area contributed by atoms with Gasteiger partial charge in [-0.05, 0) is 24.0 Å². The molecule has 2 aliphatic rings. The van der Waals surface area contributed by atoms with E-state index in [0.29, 0.717) is 5.96 Å². The van der Waals surface area contributed by atoms with Crippen LogP contribution in [0.25, 0.3) is 0 Å². The second kappa shape index (κ2) is 9.75. The van der Waals surface area contributed by atoms with Crippen LogP contribution in [-0.2, 0) is 17.7 Å². The summed E-state index contributed by atoms with van der Waals surface area (Å²) in [7, 11) is 0. The first-order valence-electron chi connectivity index (χ1n) is 9.44. The van der Waals surface area contributed by atoms with Crippen molar-refractivity contribution >= 4 is 5.96 Å². The highest BCUT2D eigenvalue weighted by Crippen LogP contribution is 2.17. The average molecular weight is 345 g/mol. The van der Waals surface area contributed by atoms with Crippen molar-refractivity contribution in [3.05, 3.63) is 35.4 Å². The van der Waals surface area contributed by atoms with Crippen molar-refractivity contribution in [2.75, 3.05) is 59.0 Å². The van der Waals surface area contributed by atoms with E-state index in [9.17, 15) is 0 Å². The molecule has 25 heavy (non-hydrogen) atoms. The van der Waals surface area contributed by atoms with Gasteiger partial charge < -0.3 is 15.8 Å². The Morgan fingerprint density at radius 2 is 1.88 bits per heavy atom. The third-order valence-corrected chi connectivity index (χ3v) is 4.96. The molecule has 0 radical (unpaired) electrons. The maximum Gasteiger partial charge on any atom is 0.188 e. The maximum absolute atomic E-state index is 5.97. The Hall–Kier alpha value is -1.63. The molecule has 3 rings (SSSR count). The molecule has 0 aliphatic carbocycles. The molecule has 0 bridgehead atoms. The summed E-state index contributed by atoms with van der Waals surface area (Å²) in [5.74, 6) is 0.569. The van der Waals surface area contributed by atoms with Crippen LogP contribution in [0.15, 0.2) is 29.3 Å². The Morgan fingerprint density at radius 3 is 2.72 bits per heavy atom. The molecule has 0 spiro atoms. The molecule has 1 aromatic rings. The van der Waals surface area contributed by atoms with E-state index in [2.05, 4.69) is 44.4 Å². The van der Waals surface area contributed by atoms with Crippen LogP contribution in [0.2, 0.25) is 0 Å². The number of hydrogen-bond donors (Lipinski definition) is 2. The highest BCUT2D eigenvalue weighted by molar-refractivity contribution is 5.77. The molecule has 0 atom stereocenters. The van der Waals surface area contributed by atoms with E-state index in [-0.39, 0.29) is 0 Å². The van der Waals surface area contributed by atoms with E-state index < -0.39 is 0 Å². The highest BCUT2D eigenvalue weighted by Gasteiger charge is 2.14. The first-order chi connectivity index (χ1) is 12.3. The Kier molecular flexibility index (Phi) is 7.09. The fraction of sp³-hybridized carbons (Fsp3) is 0.632. The quantitative estimate of drug-likeness (QED) is 0.432. The summed E-state index contributed by atoms with van der Waals surface area (Å²) >= 11 is 0. The number of nitrogens with one attached hydrogen (secondary N) is 1. The Balaban J connectivity index is 1.28. The molecule has 138 valence electrons. The van der Waals surface area contributed by atoms with Gasteiger partial charge in [0, 0.05) is 52.4 Å². The second-order valence-corrected chi connectivity index (χ2v) is 6.80. The van der Waals surface area contributed by atoms with Gasteiger partial charge in [0.25, 0.3) is 0 Å². The molecule has 3 N–H and O–H groups in total. The zero-order chi connectivity index (χ0) is 17.3. The lowest BCUT2D eigenvalue weighted by Crippen LogP contribution is -2.40. The standard InChI is InChI=1S/C19H31N5O/c20-19(21-7-3-9-23-12-14-25-15-13-23)22-8-11-24-10-6-17-4-1-2-5-18(17)16-24/h1-2,4-5H,3,6-16H2,(H3,20,21,22). The fourth-order valence-corrected chi connectivity index (χ4v) is 3.46. The summed E-state index contributed by atoms with van der Waals surface area (Å²) in [6.45, 7) is 9.65. The Labute approximate surface area is 151 Å². The second-order valence-electron chi connectivity index (χ2n) is 6.80. The van der Waals surface area contributed by atoms with Crippen molar-refractivity contribution in [2.45, 2.75) is 19.4 Å². The van der Waals surface area contributed by atoms with E-state index in [4.69, 9.17) is 10.5 Å². The number of rotatable bonds is 7. The number of guanidine groups is 1. The monoisotopic (exact) mass is 345 g/mol. The number of nitrogens with two attached hydrogens (primary N) is 1. The van der Waals surface area contributed by atoms with E-state index in [1.54, 1.807) is 0 Å². The van der Waals surface area contributed by atoms with Crippen LogP contribution in [0.3, 0.4) is 0 Å². The molecule has 1 saturated heterocycles. The predicted octanol–water partition coefficient (Wildman–Crippen LogP) is 0.671. The predicted molar refractivity (Wildman–Crippen MR) is 102 cm³/mol. The molecule has 6 nitrogen and oxygen atoms in total. The highest BCUT2D eigenvalue weighted by atomic mass is 16.5. The summed E-state index contributed by atoms with van der Waals surface area (Å²) in [6, 6.07) is 8.74. The molecule has 1 fully saturated rings. The summed E-state index contributed by atoms with van der Waals surface area (Å²) in [5.41, 5.74) is 8.92. The van der Waals surface area contributed by atoms with Crippen molar-refractivity contribution in [1.82, 2.24) is 15.1 Å². The first kappa shape index (κ1) is 18.2. The molecule has 0 saturated carbocycles. The van der Waals surface area contributed by atoms with Crippen molar-refractivity contribution in [3.63, 3.8) is 0 Å². The molecule has 1 aromatic carbocycles. The van der Waals surface area contributed by atoms with Gasteiger partial charge >= 0.3 is 0 Å². The lowest BCUT2D eigenvalue weighted by Gasteiger charge is -2.28. The topological polar surface area (TPSA) is 66.1 Å². The Bertz CT molecular complexity index is 557. The summed E-state index contributed by atoms with van der Waals surface area (Å²) < 4.78 is 5.35. The number of fused-ring (bicyclic) bond motifs is 1. The van der Waals surface area contributed by atoms with Crippen LogP contribution in [0.1, 0.15) is 17.5 Å². The average Bonchev–Trinajstić information content (AvgIpc) is 2.66. The molecular formula is C19H31N5O. The first-order valence-corrected chi connectivity index (χ1v) is 9.44. The van der Waals surface area contributed by atoms with Gasteiger partial charge in [-0.3, -0.25) is 14.8 Å². The van der Waals surface area contributed by atoms with E-state index >= 15 is 0 Å². The molecule has 6 heteroatoms. The maximum atomic E-state index is 5.97. The molecule has 0 aromatic heterocycles. The van der Waals surface area contributed by atoms with Crippen molar-refractivity contribution < 1.29 is 4.74 Å². The lowest BCUT2D eigenvalue weighted by atomic mass is 10.00. The zero-order valence-electron chi connectivity index (χ0n) is 15.1. The molecule has 0 amide bonds. The molecular weight excluding hydrogens is 314 g/mol. The largest absolute Gasteiger partial charge is 0.379 e. The van der Waals surface area contributed by atoms with Gasteiger partial charge in [-0.15, -0.1) is 0 Å². The third-order valence-electron chi connectivity index (χ3n) is 4.96. The van der Waals surface area contributed by atoms with Crippen molar-refractivity contribution in [3.8, 4) is 0 Å². The van der Waals surface area contributed by atoms with Gasteiger partial charge in [0.05, 0.1) is 13.2 Å². The smallest absolute Gasteiger partial charge is 0.188 e. The number of hydrogen-bond acceptors (Lipinski definition) is 4. The summed E-state index contributed by atoms with van der Waals surface area (Å²) in [4.78, 5) is 9.33. The minimum atomic E-state index is 0.569. The van der Waals surface area contributed by atoms with Gasteiger partial charge in [-0.25, -0.2) is 0 Å². The third kappa shape index (κ3) is 5.99. The zero-order valence-corrected chi connectivity index (χ0v) is 15.1. The minimum absolute atomic E-state index is 0.569. The number of nitrogens with zero attached hydrogens (tertiary/aromatic N) is 3. The number of ether oxygens (including phenoxy) is 1. The van der Waals surface area contributed by atoms with Gasteiger partial charge in [0.1, 0.15) is 0 Å². The van der Waals surface area contributed by atoms with Gasteiger partial charge in [0.2, 0.25) is 0 Å². The minimum Gasteiger partial charge on any atom is -0.379 e. The van der Waals surface area contributed by atoms with Crippen molar-refractivity contribution in [1.29, 1.82) is 0 Å². The van der Waals surface area contributed by atoms with Crippen LogP contribution >= 0.6 is 0 Å². The number of aliphatic imine (C=N–C) groups is 1. The summed E-state index contributed by atoms with van der Waals surface area (Å²) in [6.07, 6.45) is 2.19. The van der Waals surface area contributed by atoms with Gasteiger partial charge in [-0.1, -0.05) is 24.3 Å². The lowest BCUT2D eigenvalue weighted by molar-refractivity contribution is 0.0377. The Morgan fingerprint density at radius 1 is 1.08 bits per heavy atom. The SMILES string of the molecule is NC(=NCCCN1CCOCC1)NCCN1CCc2ccccc2C1. The number of morpholine rings is 1. The van der Waals surface area contributed by atoms with Crippen molar-refractivity contribution in [2.24, 2.45) is 10.7 Å². The van der Waals surface area contributed by atoms with Crippen LogP contribution < -0.4 is 11.1 Å². The van der Waals surface area contributed by atoms with Crippen LogP contribution in [0.4, 0.5) is 0 Å². The van der Waals surface area contributed by atoms with E-state index in [1.165, 1.54) is 11.1 Å². The van der Waals surface area contributed by atoms with Crippen LogP contribution in [0, 0.1) is 0 Å². The van der Waals surface area contributed by atoms with Gasteiger partial charge in [0.15, 0.2) is 5.96 Å². The van der Waals surface area contributed by atoms with E-state index in [0.717, 1.165) is 78.4 Å². The van der Waals surface area contributed by atoms with Gasteiger partial charge in [-0.2, -0.15) is 0 Å².